The highest BCUT2D eigenvalue weighted by Gasteiger charge is 2.15. The van der Waals surface area contributed by atoms with Gasteiger partial charge in [0.2, 0.25) is 5.16 Å². The minimum absolute atomic E-state index is 0.0428. The lowest BCUT2D eigenvalue weighted by Gasteiger charge is -2.05. The van der Waals surface area contributed by atoms with E-state index in [-0.39, 0.29) is 11.5 Å². The maximum absolute atomic E-state index is 13.1. The molecule has 4 rings (SSSR count). The van der Waals surface area contributed by atoms with Gasteiger partial charge in [-0.2, -0.15) is 9.61 Å². The van der Waals surface area contributed by atoms with Crippen LogP contribution in [0.25, 0.3) is 16.9 Å². The molecule has 8 nitrogen and oxygen atoms in total. The van der Waals surface area contributed by atoms with Crippen LogP contribution in [-0.2, 0) is 0 Å². The zero-order chi connectivity index (χ0) is 18.8. The van der Waals surface area contributed by atoms with Gasteiger partial charge in [0.1, 0.15) is 11.5 Å². The quantitative estimate of drug-likeness (QED) is 0.317. The molecular formula is C17H11FN6O2S. The number of nitro benzene ring substituents is 1. The van der Waals surface area contributed by atoms with E-state index in [0.717, 1.165) is 17.5 Å². The second-order valence-corrected chi connectivity index (χ2v) is 6.23. The van der Waals surface area contributed by atoms with Gasteiger partial charge in [-0.25, -0.2) is 4.39 Å². The second kappa shape index (κ2) is 7.00. The van der Waals surface area contributed by atoms with E-state index >= 15 is 0 Å². The van der Waals surface area contributed by atoms with Crippen LogP contribution in [-0.4, -0.2) is 24.7 Å². The molecule has 0 saturated heterocycles. The Kier molecular flexibility index (Phi) is 4.38. The minimum Gasteiger partial charge on any atom is -0.317 e. The summed E-state index contributed by atoms with van der Waals surface area (Å²) >= 11 is 1.06. The molecule has 1 N–H and O–H groups in total. The van der Waals surface area contributed by atoms with E-state index in [1.165, 1.54) is 22.7 Å². The molecule has 10 heteroatoms. The van der Waals surface area contributed by atoms with Crippen LogP contribution < -0.4 is 4.72 Å². The van der Waals surface area contributed by atoms with E-state index in [9.17, 15) is 14.5 Å². The third-order valence-electron chi connectivity index (χ3n) is 3.73. The molecule has 0 spiro atoms. The molecule has 2 aromatic carbocycles. The van der Waals surface area contributed by atoms with Crippen LogP contribution in [0.5, 0.6) is 0 Å². The molecular weight excluding hydrogens is 371 g/mol. The average molecular weight is 382 g/mol. The SMILES string of the molecule is O=[N+]([O-])c1ccccc1NSc1nnc2ccc(-c3ccc(F)cc3)nn12. The van der Waals surface area contributed by atoms with Gasteiger partial charge in [-0.15, -0.1) is 10.2 Å². The summed E-state index contributed by atoms with van der Waals surface area (Å²) in [7, 11) is 0. The van der Waals surface area contributed by atoms with Crippen LogP contribution in [0.1, 0.15) is 0 Å². The molecule has 0 bridgehead atoms. The van der Waals surface area contributed by atoms with Gasteiger partial charge in [-0.1, -0.05) is 12.1 Å². The number of aromatic nitrogens is 4. The summed E-state index contributed by atoms with van der Waals surface area (Å²) < 4.78 is 17.6. The summed E-state index contributed by atoms with van der Waals surface area (Å²) in [5.74, 6) is -0.325. The van der Waals surface area contributed by atoms with E-state index in [2.05, 4.69) is 20.0 Å². The van der Waals surface area contributed by atoms with Gasteiger partial charge in [-0.05, 0) is 42.5 Å². The Hall–Kier alpha value is -3.53. The summed E-state index contributed by atoms with van der Waals surface area (Å²) in [6, 6.07) is 15.8. The normalized spacial score (nSPS) is 10.9. The number of nitro groups is 1. The highest BCUT2D eigenvalue weighted by molar-refractivity contribution is 8.00. The van der Waals surface area contributed by atoms with Crippen molar-refractivity contribution in [2.75, 3.05) is 4.72 Å². The van der Waals surface area contributed by atoms with Crippen LogP contribution in [0.4, 0.5) is 15.8 Å². The molecule has 134 valence electrons. The van der Waals surface area contributed by atoms with Crippen molar-refractivity contribution < 1.29 is 9.31 Å². The van der Waals surface area contributed by atoms with Crippen LogP contribution in [0.15, 0.2) is 65.8 Å². The fraction of sp³-hybridized carbons (Fsp3) is 0. The molecule has 0 unspecified atom stereocenters. The maximum Gasteiger partial charge on any atom is 0.293 e. The van der Waals surface area contributed by atoms with Gasteiger partial charge in [0.15, 0.2) is 5.65 Å². The summed E-state index contributed by atoms with van der Waals surface area (Å²) in [6.07, 6.45) is 0. The van der Waals surface area contributed by atoms with E-state index < -0.39 is 4.92 Å². The van der Waals surface area contributed by atoms with Gasteiger partial charge in [-0.3, -0.25) is 10.1 Å². The predicted molar refractivity (Wildman–Crippen MR) is 98.8 cm³/mol. The van der Waals surface area contributed by atoms with Crippen molar-refractivity contribution >= 4 is 29.0 Å². The smallest absolute Gasteiger partial charge is 0.293 e. The number of anilines is 1. The molecule has 0 atom stereocenters. The number of rotatable bonds is 5. The summed E-state index contributed by atoms with van der Waals surface area (Å²) in [6.45, 7) is 0. The Labute approximate surface area is 156 Å². The van der Waals surface area contributed by atoms with Crippen molar-refractivity contribution in [3.05, 3.63) is 76.6 Å². The Morgan fingerprint density at radius 1 is 1.04 bits per heavy atom. The number of hydrogen-bond donors (Lipinski definition) is 1. The molecule has 0 saturated carbocycles. The molecule has 0 aliphatic heterocycles. The number of hydrogen-bond acceptors (Lipinski definition) is 7. The molecule has 2 aromatic heterocycles. The first kappa shape index (κ1) is 16.9. The lowest BCUT2D eigenvalue weighted by molar-refractivity contribution is -0.383. The molecule has 27 heavy (non-hydrogen) atoms. The topological polar surface area (TPSA) is 98.2 Å². The van der Waals surface area contributed by atoms with Crippen molar-refractivity contribution in [2.45, 2.75) is 5.16 Å². The van der Waals surface area contributed by atoms with Crippen molar-refractivity contribution in [2.24, 2.45) is 0 Å². The summed E-state index contributed by atoms with van der Waals surface area (Å²) in [5, 5.41) is 24.1. The molecule has 0 radical (unpaired) electrons. The Morgan fingerprint density at radius 3 is 2.59 bits per heavy atom. The third kappa shape index (κ3) is 3.42. The standard InChI is InChI=1S/C17H11FN6O2S/c18-12-7-5-11(6-8-12)13-9-10-16-19-20-17(23(16)21-13)27-22-14-3-1-2-4-15(14)24(25)26/h1-10,22H. The van der Waals surface area contributed by atoms with Gasteiger partial charge in [0.25, 0.3) is 5.69 Å². The van der Waals surface area contributed by atoms with Crippen molar-refractivity contribution in [1.82, 2.24) is 19.8 Å². The van der Waals surface area contributed by atoms with Crippen molar-refractivity contribution in [1.29, 1.82) is 0 Å². The highest BCUT2D eigenvalue weighted by atomic mass is 32.2. The van der Waals surface area contributed by atoms with Crippen LogP contribution >= 0.6 is 11.9 Å². The van der Waals surface area contributed by atoms with Gasteiger partial charge < -0.3 is 4.72 Å². The molecule has 0 aliphatic carbocycles. The number of halogens is 1. The second-order valence-electron chi connectivity index (χ2n) is 5.46. The van der Waals surface area contributed by atoms with Gasteiger partial charge in [0, 0.05) is 23.6 Å². The maximum atomic E-state index is 13.1. The number of para-hydroxylation sites is 2. The first-order valence-corrected chi connectivity index (χ1v) is 8.58. The Morgan fingerprint density at radius 2 is 1.81 bits per heavy atom. The molecule has 4 aromatic rings. The fourth-order valence-corrected chi connectivity index (χ4v) is 3.10. The Bertz CT molecular complexity index is 1130. The molecule has 0 aliphatic rings. The fourth-order valence-electron chi connectivity index (χ4n) is 2.43. The minimum atomic E-state index is -0.463. The van der Waals surface area contributed by atoms with Gasteiger partial charge >= 0.3 is 0 Å². The van der Waals surface area contributed by atoms with Crippen LogP contribution in [0.2, 0.25) is 0 Å². The number of nitrogens with one attached hydrogen (secondary N) is 1. The first-order valence-electron chi connectivity index (χ1n) is 7.76. The van der Waals surface area contributed by atoms with E-state index in [4.69, 9.17) is 0 Å². The average Bonchev–Trinajstić information content (AvgIpc) is 3.09. The lowest BCUT2D eigenvalue weighted by atomic mass is 10.1. The molecule has 0 amide bonds. The van der Waals surface area contributed by atoms with Crippen molar-refractivity contribution in [3.63, 3.8) is 0 Å². The largest absolute Gasteiger partial charge is 0.317 e. The van der Waals surface area contributed by atoms with Gasteiger partial charge in [0.05, 0.1) is 10.6 Å². The van der Waals surface area contributed by atoms with E-state index in [1.54, 1.807) is 42.5 Å². The molecule has 2 heterocycles. The first-order chi connectivity index (χ1) is 13.1. The van der Waals surface area contributed by atoms with E-state index in [0.29, 0.717) is 22.2 Å². The van der Waals surface area contributed by atoms with Crippen LogP contribution in [0.3, 0.4) is 0 Å². The summed E-state index contributed by atoms with van der Waals surface area (Å²) in [5.41, 5.74) is 2.19. The highest BCUT2D eigenvalue weighted by Crippen LogP contribution is 2.28. The number of nitrogens with zero attached hydrogens (tertiary/aromatic N) is 5. The predicted octanol–water partition coefficient (Wildman–Crippen LogP) is 3.96. The van der Waals surface area contributed by atoms with Crippen LogP contribution in [0, 0.1) is 15.9 Å². The lowest BCUT2D eigenvalue weighted by Crippen LogP contribution is -1.99. The number of fused-ring (bicyclic) bond motifs is 1. The zero-order valence-corrected chi connectivity index (χ0v) is 14.4. The Balaban J connectivity index is 1.64. The third-order valence-corrected chi connectivity index (χ3v) is 4.49. The van der Waals surface area contributed by atoms with E-state index in [1.807, 2.05) is 0 Å². The zero-order valence-electron chi connectivity index (χ0n) is 13.6. The summed E-state index contributed by atoms with van der Waals surface area (Å²) in [4.78, 5) is 10.6. The molecule has 0 fully saturated rings. The van der Waals surface area contributed by atoms with Crippen molar-refractivity contribution in [3.8, 4) is 11.3 Å². The monoisotopic (exact) mass is 382 g/mol. The number of benzene rings is 2.